The Hall–Kier alpha value is -1.79. The minimum atomic E-state index is -0.963. The summed E-state index contributed by atoms with van der Waals surface area (Å²) in [4.78, 5) is 23.0. The van der Waals surface area contributed by atoms with E-state index in [0.717, 1.165) is 0 Å². The van der Waals surface area contributed by atoms with E-state index in [1.54, 1.807) is 18.2 Å². The van der Waals surface area contributed by atoms with Crippen molar-refractivity contribution >= 4 is 29.2 Å². The van der Waals surface area contributed by atoms with Gasteiger partial charge in [0, 0.05) is 5.69 Å². The standard InChI is InChI=1S/C15H21ClN2O4/c1-4-9(2)14(15(20)21)17-8-13(19)18-10-5-6-12(22-3)11(16)7-10/h5-7,9,14,17H,4,8H2,1-3H3,(H,18,19)(H,20,21)/t9-,14-/m0/s1. The number of carboxylic acids is 1. The number of hydrogen-bond donors (Lipinski definition) is 3. The number of methoxy groups -OCH3 is 1. The van der Waals surface area contributed by atoms with Gasteiger partial charge in [-0.05, 0) is 24.1 Å². The third kappa shape index (κ3) is 5.20. The van der Waals surface area contributed by atoms with Gasteiger partial charge in [-0.15, -0.1) is 0 Å². The highest BCUT2D eigenvalue weighted by atomic mass is 35.5. The SMILES string of the molecule is CC[C@H](C)[C@H](NCC(=O)Nc1ccc(OC)c(Cl)c1)C(=O)O. The van der Waals surface area contributed by atoms with Crippen molar-refractivity contribution in [2.75, 3.05) is 19.0 Å². The fraction of sp³-hybridized carbons (Fsp3) is 0.467. The molecule has 0 aliphatic rings. The van der Waals surface area contributed by atoms with E-state index in [1.807, 2.05) is 13.8 Å². The quantitative estimate of drug-likeness (QED) is 0.682. The molecule has 0 heterocycles. The zero-order valence-electron chi connectivity index (χ0n) is 12.9. The van der Waals surface area contributed by atoms with Crippen LogP contribution < -0.4 is 15.4 Å². The van der Waals surface area contributed by atoms with Crippen molar-refractivity contribution in [3.8, 4) is 5.75 Å². The molecule has 1 aromatic carbocycles. The summed E-state index contributed by atoms with van der Waals surface area (Å²) >= 11 is 5.97. The van der Waals surface area contributed by atoms with Gasteiger partial charge in [0.2, 0.25) is 5.91 Å². The first-order valence-corrected chi connectivity index (χ1v) is 7.36. The van der Waals surface area contributed by atoms with Crippen LogP contribution in [0, 0.1) is 5.92 Å². The van der Waals surface area contributed by atoms with Gasteiger partial charge in [-0.25, -0.2) is 0 Å². The number of halogens is 1. The zero-order valence-corrected chi connectivity index (χ0v) is 13.6. The first kappa shape index (κ1) is 18.3. The molecule has 0 bridgehead atoms. The Morgan fingerprint density at radius 2 is 2.09 bits per heavy atom. The lowest BCUT2D eigenvalue weighted by Gasteiger charge is -2.19. The molecule has 1 amide bonds. The molecule has 0 aliphatic heterocycles. The van der Waals surface area contributed by atoms with Crippen LogP contribution in [-0.4, -0.2) is 36.7 Å². The average Bonchev–Trinajstić information content (AvgIpc) is 2.46. The summed E-state index contributed by atoms with van der Waals surface area (Å²) in [6.07, 6.45) is 0.708. The van der Waals surface area contributed by atoms with Crippen LogP contribution in [0.5, 0.6) is 5.75 Å². The molecule has 0 spiro atoms. The fourth-order valence-electron chi connectivity index (χ4n) is 1.92. The Morgan fingerprint density at radius 1 is 1.41 bits per heavy atom. The molecule has 22 heavy (non-hydrogen) atoms. The highest BCUT2D eigenvalue weighted by Crippen LogP contribution is 2.27. The average molecular weight is 329 g/mol. The number of carboxylic acid groups (broad SMARTS) is 1. The Morgan fingerprint density at radius 3 is 2.59 bits per heavy atom. The van der Waals surface area contributed by atoms with Crippen LogP contribution in [0.1, 0.15) is 20.3 Å². The molecular weight excluding hydrogens is 308 g/mol. The van der Waals surface area contributed by atoms with Crippen LogP contribution in [0.4, 0.5) is 5.69 Å². The number of benzene rings is 1. The third-order valence-electron chi connectivity index (χ3n) is 3.40. The molecule has 1 aromatic rings. The number of amides is 1. The molecule has 0 unspecified atom stereocenters. The van der Waals surface area contributed by atoms with E-state index < -0.39 is 12.0 Å². The van der Waals surface area contributed by atoms with Crippen molar-refractivity contribution in [1.82, 2.24) is 5.32 Å². The van der Waals surface area contributed by atoms with Gasteiger partial charge >= 0.3 is 5.97 Å². The van der Waals surface area contributed by atoms with Gasteiger partial charge in [-0.1, -0.05) is 31.9 Å². The molecule has 0 aliphatic carbocycles. The van der Waals surface area contributed by atoms with Crippen molar-refractivity contribution in [3.05, 3.63) is 23.2 Å². The van der Waals surface area contributed by atoms with E-state index in [9.17, 15) is 9.59 Å². The molecule has 0 fully saturated rings. The first-order chi connectivity index (χ1) is 10.4. The van der Waals surface area contributed by atoms with E-state index in [1.165, 1.54) is 7.11 Å². The van der Waals surface area contributed by atoms with Crippen LogP contribution >= 0.6 is 11.6 Å². The smallest absolute Gasteiger partial charge is 0.320 e. The number of rotatable bonds is 8. The lowest BCUT2D eigenvalue weighted by atomic mass is 9.99. The summed E-state index contributed by atoms with van der Waals surface area (Å²) in [5.74, 6) is -0.855. The third-order valence-corrected chi connectivity index (χ3v) is 3.69. The van der Waals surface area contributed by atoms with Crippen molar-refractivity contribution in [3.63, 3.8) is 0 Å². The number of anilines is 1. The maximum atomic E-state index is 11.9. The van der Waals surface area contributed by atoms with Gasteiger partial charge in [-0.2, -0.15) is 0 Å². The Bertz CT molecular complexity index is 536. The van der Waals surface area contributed by atoms with Gasteiger partial charge in [-0.3, -0.25) is 14.9 Å². The summed E-state index contributed by atoms with van der Waals surface area (Å²) in [6, 6.07) is 4.12. The van der Waals surface area contributed by atoms with Gasteiger partial charge in [0.05, 0.1) is 18.7 Å². The number of aliphatic carboxylic acids is 1. The predicted molar refractivity (Wildman–Crippen MR) is 85.5 cm³/mol. The number of nitrogens with one attached hydrogen (secondary N) is 2. The molecule has 0 aromatic heterocycles. The topological polar surface area (TPSA) is 87.7 Å². The Balaban J connectivity index is 2.59. The molecule has 1 rings (SSSR count). The van der Waals surface area contributed by atoms with E-state index in [4.69, 9.17) is 21.4 Å². The predicted octanol–water partition coefficient (Wildman–Crippen LogP) is 2.38. The number of carbonyl (C=O) groups excluding carboxylic acids is 1. The molecule has 122 valence electrons. The van der Waals surface area contributed by atoms with E-state index in [0.29, 0.717) is 22.9 Å². The molecule has 0 radical (unpaired) electrons. The number of hydrogen-bond acceptors (Lipinski definition) is 4. The zero-order chi connectivity index (χ0) is 16.7. The molecule has 3 N–H and O–H groups in total. The van der Waals surface area contributed by atoms with E-state index >= 15 is 0 Å². The normalized spacial score (nSPS) is 13.3. The second kappa shape index (κ2) is 8.60. The maximum absolute atomic E-state index is 11.9. The summed E-state index contributed by atoms with van der Waals surface area (Å²) in [5, 5.41) is 14.9. The van der Waals surface area contributed by atoms with Crippen molar-refractivity contribution in [1.29, 1.82) is 0 Å². The summed E-state index contributed by atoms with van der Waals surface area (Å²) < 4.78 is 5.03. The second-order valence-corrected chi connectivity index (χ2v) is 5.39. The first-order valence-electron chi connectivity index (χ1n) is 6.98. The van der Waals surface area contributed by atoms with Crippen LogP contribution in [0.25, 0.3) is 0 Å². The lowest BCUT2D eigenvalue weighted by Crippen LogP contribution is -2.45. The van der Waals surface area contributed by atoms with Crippen molar-refractivity contribution in [2.24, 2.45) is 5.92 Å². The number of ether oxygens (including phenoxy) is 1. The molecule has 7 heteroatoms. The Labute approximate surface area is 134 Å². The van der Waals surface area contributed by atoms with E-state index in [2.05, 4.69) is 10.6 Å². The second-order valence-electron chi connectivity index (χ2n) is 4.98. The summed E-state index contributed by atoms with van der Waals surface area (Å²) in [7, 11) is 1.50. The molecule has 0 saturated heterocycles. The Kier molecular flexibility index (Phi) is 7.14. The van der Waals surface area contributed by atoms with Crippen LogP contribution in [0.3, 0.4) is 0 Å². The minimum absolute atomic E-state index is 0.0688. The molecule has 2 atom stereocenters. The van der Waals surface area contributed by atoms with Gasteiger partial charge < -0.3 is 15.2 Å². The summed E-state index contributed by atoms with van der Waals surface area (Å²) in [5.41, 5.74) is 0.521. The molecule has 0 saturated carbocycles. The number of carbonyl (C=O) groups is 2. The van der Waals surface area contributed by atoms with Crippen LogP contribution in [0.15, 0.2) is 18.2 Å². The lowest BCUT2D eigenvalue weighted by molar-refractivity contribution is -0.140. The molecule has 6 nitrogen and oxygen atoms in total. The van der Waals surface area contributed by atoms with E-state index in [-0.39, 0.29) is 18.4 Å². The largest absolute Gasteiger partial charge is 0.495 e. The molecular formula is C15H21ClN2O4. The maximum Gasteiger partial charge on any atom is 0.320 e. The highest BCUT2D eigenvalue weighted by molar-refractivity contribution is 6.32. The summed E-state index contributed by atoms with van der Waals surface area (Å²) in [6.45, 7) is 3.64. The fourth-order valence-corrected chi connectivity index (χ4v) is 2.18. The van der Waals surface area contributed by atoms with Gasteiger partial charge in [0.15, 0.2) is 0 Å². The van der Waals surface area contributed by atoms with Crippen molar-refractivity contribution in [2.45, 2.75) is 26.3 Å². The van der Waals surface area contributed by atoms with Crippen LogP contribution in [-0.2, 0) is 9.59 Å². The monoisotopic (exact) mass is 328 g/mol. The van der Waals surface area contributed by atoms with Crippen molar-refractivity contribution < 1.29 is 19.4 Å². The van der Waals surface area contributed by atoms with Gasteiger partial charge in [0.1, 0.15) is 11.8 Å². The van der Waals surface area contributed by atoms with Gasteiger partial charge in [0.25, 0.3) is 0 Å². The minimum Gasteiger partial charge on any atom is -0.495 e. The highest BCUT2D eigenvalue weighted by Gasteiger charge is 2.23. The van der Waals surface area contributed by atoms with Crippen LogP contribution in [0.2, 0.25) is 5.02 Å².